The van der Waals surface area contributed by atoms with E-state index in [-0.39, 0.29) is 11.9 Å². The van der Waals surface area contributed by atoms with Gasteiger partial charge < -0.3 is 15.8 Å². The minimum absolute atomic E-state index is 0.144. The maximum atomic E-state index is 11.9. The van der Waals surface area contributed by atoms with Crippen LogP contribution in [0.5, 0.6) is 0 Å². The number of hydrogen-bond acceptors (Lipinski definition) is 12. The molecule has 0 aliphatic carbocycles. The molecule has 0 bridgehead atoms. The molecule has 4 aromatic rings. The van der Waals surface area contributed by atoms with Gasteiger partial charge >= 0.3 is 5.97 Å². The monoisotopic (exact) mass is 594 g/mol. The summed E-state index contributed by atoms with van der Waals surface area (Å²) in [4.78, 5) is 39.9. The van der Waals surface area contributed by atoms with Gasteiger partial charge in [-0.25, -0.2) is 29.9 Å². The van der Waals surface area contributed by atoms with Crippen molar-refractivity contribution >= 4 is 28.6 Å². The van der Waals surface area contributed by atoms with E-state index in [0.29, 0.717) is 31.1 Å². The average molecular weight is 595 g/mol. The van der Waals surface area contributed by atoms with E-state index < -0.39 is 5.60 Å². The van der Waals surface area contributed by atoms with Gasteiger partial charge in [-0.05, 0) is 78.2 Å². The number of hydrogen-bond donors (Lipinski definition) is 2. The van der Waals surface area contributed by atoms with Crippen LogP contribution < -0.4 is 11.1 Å². The molecule has 41 heavy (non-hydrogen) atoms. The number of esters is 1. The Bertz CT molecular complexity index is 1340. The summed E-state index contributed by atoms with van der Waals surface area (Å²) in [6, 6.07) is 3.61. The maximum Gasteiger partial charge on any atom is 0.306 e. The van der Waals surface area contributed by atoms with Crippen molar-refractivity contribution in [3.05, 3.63) is 59.3 Å². The molecule has 5 heterocycles. The fourth-order valence-electron chi connectivity index (χ4n) is 4.36. The van der Waals surface area contributed by atoms with E-state index in [1.807, 2.05) is 33.0 Å². The largest absolute Gasteiger partial charge is 0.460 e. The Morgan fingerprint density at radius 2 is 1.51 bits per heavy atom. The van der Waals surface area contributed by atoms with Crippen molar-refractivity contribution < 1.29 is 9.53 Å². The summed E-state index contributed by atoms with van der Waals surface area (Å²) in [6.45, 7) is 8.36. The smallest absolute Gasteiger partial charge is 0.306 e. The number of ether oxygens (including phenoxy) is 1. The third-order valence-electron chi connectivity index (χ3n) is 6.29. The number of nitrogens with zero attached hydrogens (tertiary/aromatic N) is 6. The highest BCUT2D eigenvalue weighted by Gasteiger charge is 2.21. The van der Waals surface area contributed by atoms with Gasteiger partial charge in [0.2, 0.25) is 0 Å². The summed E-state index contributed by atoms with van der Waals surface area (Å²) in [5, 5.41) is 5.57. The summed E-state index contributed by atoms with van der Waals surface area (Å²) in [6.07, 6.45) is 14.8. The quantitative estimate of drug-likeness (QED) is 0.248. The lowest BCUT2D eigenvalue weighted by atomic mass is 9.99. The number of nitrogens with two attached hydrogens (primary N) is 1. The third-order valence-corrected chi connectivity index (χ3v) is 8.60. The predicted octanol–water partition coefficient (Wildman–Crippen LogP) is 5.22. The summed E-state index contributed by atoms with van der Waals surface area (Å²) >= 11 is 3.28. The summed E-state index contributed by atoms with van der Waals surface area (Å²) in [7, 11) is 0. The number of nitrogens with one attached hydrogen (secondary N) is 1. The minimum atomic E-state index is -0.459. The van der Waals surface area contributed by atoms with Crippen LogP contribution in [-0.2, 0) is 9.53 Å². The van der Waals surface area contributed by atoms with Crippen LogP contribution in [0.25, 0.3) is 21.4 Å². The first-order valence-corrected chi connectivity index (χ1v) is 15.5. The Balaban J connectivity index is 0.000000199. The Morgan fingerprint density at radius 3 is 2.10 bits per heavy atom. The molecule has 5 rings (SSSR count). The molecule has 1 fully saturated rings. The molecular weight excluding hydrogens is 557 g/mol. The van der Waals surface area contributed by atoms with Gasteiger partial charge in [0.15, 0.2) is 11.6 Å². The van der Waals surface area contributed by atoms with Crippen molar-refractivity contribution in [2.24, 2.45) is 5.73 Å². The molecule has 0 saturated carbocycles. The maximum absolute atomic E-state index is 11.9. The third kappa shape index (κ3) is 9.70. The molecule has 4 aromatic heterocycles. The molecule has 1 saturated heterocycles. The zero-order valence-electron chi connectivity index (χ0n) is 23.8. The highest BCUT2D eigenvalue weighted by Crippen LogP contribution is 2.33. The van der Waals surface area contributed by atoms with Gasteiger partial charge in [-0.3, -0.25) is 4.79 Å². The van der Waals surface area contributed by atoms with E-state index in [4.69, 9.17) is 10.5 Å². The topological polar surface area (TPSA) is 142 Å². The first kappa shape index (κ1) is 30.8. The number of carbonyl (C=O) groups excluding carboxylic acids is 1. The van der Waals surface area contributed by atoms with Gasteiger partial charge in [-0.1, -0.05) is 0 Å². The highest BCUT2D eigenvalue weighted by molar-refractivity contribution is 7.15. The molecule has 3 N–H and O–H groups in total. The van der Waals surface area contributed by atoms with E-state index in [2.05, 4.69) is 35.2 Å². The van der Waals surface area contributed by atoms with E-state index in [1.165, 1.54) is 17.8 Å². The van der Waals surface area contributed by atoms with E-state index >= 15 is 0 Å². The number of carbonyl (C=O) groups is 1. The van der Waals surface area contributed by atoms with Crippen LogP contribution in [0, 0.1) is 0 Å². The van der Waals surface area contributed by atoms with Crippen molar-refractivity contribution in [1.29, 1.82) is 0 Å². The standard InChI is InChI=1S/C17H24N4O2S.C12H14N4S/c1-17(2,3)23-14(22)6-5-12(7-8-18)16-21-11-13(24-16)15-19-9-4-10-20-15;1-4-14-11(15-5-1)10-8-16-12(17-10)9-2-6-13-7-3-9/h4,9-12H,5-8,18H2,1-3H3;1,4-5,8-9,13H,2-3,6-7H2. The Labute approximate surface area is 249 Å². The highest BCUT2D eigenvalue weighted by atomic mass is 32.1. The fraction of sp³-hybridized carbons (Fsp3) is 0.483. The number of piperidine rings is 1. The first-order chi connectivity index (χ1) is 19.8. The molecule has 1 unspecified atom stereocenters. The van der Waals surface area contributed by atoms with Crippen molar-refractivity contribution in [3.63, 3.8) is 0 Å². The van der Waals surface area contributed by atoms with Gasteiger partial charge in [0.25, 0.3) is 0 Å². The molecule has 0 amide bonds. The van der Waals surface area contributed by atoms with Gasteiger partial charge in [-0.2, -0.15) is 0 Å². The van der Waals surface area contributed by atoms with Crippen LogP contribution in [-0.4, -0.2) is 61.1 Å². The zero-order valence-corrected chi connectivity index (χ0v) is 25.5. The molecule has 12 heteroatoms. The van der Waals surface area contributed by atoms with Crippen molar-refractivity contribution in [2.45, 2.75) is 70.3 Å². The molecular formula is C29H38N8O2S2. The number of aromatic nitrogens is 6. The second-order valence-corrected chi connectivity index (χ2v) is 12.8. The normalized spacial score (nSPS) is 14.6. The van der Waals surface area contributed by atoms with Crippen LogP contribution in [0.4, 0.5) is 0 Å². The predicted molar refractivity (Wildman–Crippen MR) is 163 cm³/mol. The summed E-state index contributed by atoms with van der Waals surface area (Å²) in [5.74, 6) is 2.02. The Morgan fingerprint density at radius 1 is 0.927 bits per heavy atom. The van der Waals surface area contributed by atoms with Crippen molar-refractivity contribution in [1.82, 2.24) is 35.2 Å². The lowest BCUT2D eigenvalue weighted by Crippen LogP contribution is -2.26. The van der Waals surface area contributed by atoms with Gasteiger partial charge in [-0.15, -0.1) is 22.7 Å². The number of thiazole rings is 2. The molecule has 1 aliphatic rings. The second kappa shape index (κ2) is 15.2. The average Bonchev–Trinajstić information content (AvgIpc) is 3.67. The Hall–Kier alpha value is -3.19. The SMILES string of the molecule is CC(C)(C)OC(=O)CCC(CCN)c1ncc(-c2ncccn2)s1.c1cnc(-c2cnc(C3CCNCC3)s2)nc1. The van der Waals surface area contributed by atoms with Gasteiger partial charge in [0.05, 0.1) is 19.8 Å². The summed E-state index contributed by atoms with van der Waals surface area (Å²) < 4.78 is 5.37. The molecule has 10 nitrogen and oxygen atoms in total. The van der Waals surface area contributed by atoms with Crippen molar-refractivity contribution in [2.75, 3.05) is 19.6 Å². The van der Waals surface area contributed by atoms with Crippen molar-refractivity contribution in [3.8, 4) is 21.4 Å². The van der Waals surface area contributed by atoms with Crippen LogP contribution in [0.15, 0.2) is 49.3 Å². The lowest BCUT2D eigenvalue weighted by Gasteiger charge is -2.20. The van der Waals surface area contributed by atoms with Gasteiger partial charge in [0.1, 0.15) is 5.60 Å². The van der Waals surface area contributed by atoms with Crippen LogP contribution >= 0.6 is 22.7 Å². The van der Waals surface area contributed by atoms with Crippen LogP contribution in [0.3, 0.4) is 0 Å². The van der Waals surface area contributed by atoms with E-state index in [1.54, 1.807) is 59.7 Å². The summed E-state index contributed by atoms with van der Waals surface area (Å²) in [5.41, 5.74) is 5.27. The minimum Gasteiger partial charge on any atom is -0.460 e. The molecule has 0 aromatic carbocycles. The molecule has 0 radical (unpaired) electrons. The zero-order chi connectivity index (χ0) is 29.1. The number of rotatable bonds is 9. The van der Waals surface area contributed by atoms with Gasteiger partial charge in [0, 0.05) is 55.4 Å². The first-order valence-electron chi connectivity index (χ1n) is 13.9. The van der Waals surface area contributed by atoms with E-state index in [0.717, 1.165) is 40.1 Å². The lowest BCUT2D eigenvalue weighted by molar-refractivity contribution is -0.155. The molecule has 0 spiro atoms. The Kier molecular flexibility index (Phi) is 11.4. The molecule has 1 aliphatic heterocycles. The second-order valence-electron chi connectivity index (χ2n) is 10.7. The fourth-order valence-corrected chi connectivity index (χ4v) is 6.43. The molecule has 1 atom stereocenters. The van der Waals surface area contributed by atoms with Crippen LogP contribution in [0.2, 0.25) is 0 Å². The van der Waals surface area contributed by atoms with E-state index in [9.17, 15) is 4.79 Å². The van der Waals surface area contributed by atoms with Crippen LogP contribution in [0.1, 0.15) is 74.7 Å². The molecule has 218 valence electrons.